The summed E-state index contributed by atoms with van der Waals surface area (Å²) < 4.78 is 16.7. The third-order valence-electron chi connectivity index (χ3n) is 5.96. The molecule has 0 spiro atoms. The average Bonchev–Trinajstić information content (AvgIpc) is 2.87. The van der Waals surface area contributed by atoms with Gasteiger partial charge < -0.3 is 19.5 Å². The Morgan fingerprint density at radius 3 is 2.18 bits per heavy atom. The van der Waals surface area contributed by atoms with Crippen LogP contribution in [0.1, 0.15) is 22.1 Å². The lowest BCUT2D eigenvalue weighted by atomic mass is 10.00. The van der Waals surface area contributed by atoms with E-state index in [0.717, 1.165) is 27.7 Å². The van der Waals surface area contributed by atoms with Crippen molar-refractivity contribution in [1.29, 1.82) is 0 Å². The Morgan fingerprint density at radius 1 is 0.788 bits per heavy atom. The van der Waals surface area contributed by atoms with E-state index in [1.54, 1.807) is 26.2 Å². The van der Waals surface area contributed by atoms with Gasteiger partial charge in [0, 0.05) is 16.6 Å². The summed E-state index contributed by atoms with van der Waals surface area (Å²) in [5, 5.41) is 5.60. The Labute approximate surface area is 192 Å². The van der Waals surface area contributed by atoms with Gasteiger partial charge in [0.25, 0.3) is 5.91 Å². The van der Waals surface area contributed by atoms with E-state index in [-0.39, 0.29) is 5.91 Å². The number of nitrogens with zero attached hydrogens (tertiary/aromatic N) is 1. The van der Waals surface area contributed by atoms with Crippen molar-refractivity contribution >= 4 is 28.1 Å². The predicted octanol–water partition coefficient (Wildman–Crippen LogP) is 5.64. The number of carbonyl (C=O) groups excluding carboxylic acids is 1. The van der Waals surface area contributed by atoms with E-state index >= 15 is 0 Å². The summed E-state index contributed by atoms with van der Waals surface area (Å²) in [4.78, 5) is 15.7. The molecule has 6 heteroatoms. The third-order valence-corrected chi connectivity index (χ3v) is 5.96. The Kier molecular flexibility index (Phi) is 5.26. The lowest BCUT2D eigenvalue weighted by Crippen LogP contribution is -2.43. The van der Waals surface area contributed by atoms with Crippen LogP contribution in [0.3, 0.4) is 0 Å². The monoisotopic (exact) mass is 440 g/mol. The summed E-state index contributed by atoms with van der Waals surface area (Å²) in [5.41, 5.74) is 3.02. The van der Waals surface area contributed by atoms with Crippen molar-refractivity contribution in [2.24, 2.45) is 0 Å². The molecule has 1 atom stereocenters. The highest BCUT2D eigenvalue weighted by atomic mass is 16.5. The number of rotatable bonds is 5. The van der Waals surface area contributed by atoms with Crippen molar-refractivity contribution in [2.45, 2.75) is 6.17 Å². The molecule has 4 aromatic carbocycles. The summed E-state index contributed by atoms with van der Waals surface area (Å²) in [6, 6.07) is 25.3. The molecule has 6 nitrogen and oxygen atoms in total. The van der Waals surface area contributed by atoms with Crippen LogP contribution in [-0.2, 0) is 0 Å². The summed E-state index contributed by atoms with van der Waals surface area (Å²) >= 11 is 0. The molecule has 1 unspecified atom stereocenters. The Hall–Kier alpha value is -4.19. The minimum atomic E-state index is -0.494. The van der Waals surface area contributed by atoms with Gasteiger partial charge in [-0.05, 0) is 35.7 Å². The van der Waals surface area contributed by atoms with Crippen LogP contribution in [0.25, 0.3) is 10.8 Å². The Morgan fingerprint density at radius 2 is 1.45 bits per heavy atom. The summed E-state index contributed by atoms with van der Waals surface area (Å²) in [6.45, 7) is 0. The molecule has 33 heavy (non-hydrogen) atoms. The van der Waals surface area contributed by atoms with Crippen molar-refractivity contribution in [3.63, 3.8) is 0 Å². The molecule has 1 aliphatic rings. The molecule has 0 saturated carbocycles. The van der Waals surface area contributed by atoms with Crippen LogP contribution < -0.4 is 24.4 Å². The van der Waals surface area contributed by atoms with Crippen LogP contribution in [-0.4, -0.2) is 27.2 Å². The lowest BCUT2D eigenvalue weighted by molar-refractivity contribution is 0.0975. The topological polar surface area (TPSA) is 60.0 Å². The minimum absolute atomic E-state index is 0.0838. The van der Waals surface area contributed by atoms with Gasteiger partial charge in [0.2, 0.25) is 5.75 Å². The van der Waals surface area contributed by atoms with Gasteiger partial charge in [-0.15, -0.1) is 0 Å². The fourth-order valence-electron chi connectivity index (χ4n) is 4.41. The second kappa shape index (κ2) is 8.39. The Bertz CT molecular complexity index is 1320. The second-order valence-corrected chi connectivity index (χ2v) is 7.72. The molecule has 166 valence electrons. The molecule has 1 amide bonds. The third kappa shape index (κ3) is 3.40. The maximum absolute atomic E-state index is 13.9. The number of carbonyl (C=O) groups is 1. The molecule has 1 aliphatic heterocycles. The van der Waals surface area contributed by atoms with Crippen LogP contribution in [0, 0.1) is 0 Å². The van der Waals surface area contributed by atoms with Gasteiger partial charge in [-0.2, -0.15) is 0 Å². The highest BCUT2D eigenvalue weighted by molar-refractivity contribution is 6.15. The van der Waals surface area contributed by atoms with Gasteiger partial charge in [-0.25, -0.2) is 0 Å². The zero-order valence-electron chi connectivity index (χ0n) is 18.7. The number of nitrogens with one attached hydrogen (secondary N) is 1. The maximum atomic E-state index is 13.9. The van der Waals surface area contributed by atoms with Gasteiger partial charge in [0.1, 0.15) is 6.17 Å². The van der Waals surface area contributed by atoms with E-state index in [1.807, 2.05) is 78.9 Å². The molecule has 0 aliphatic carbocycles. The van der Waals surface area contributed by atoms with E-state index in [4.69, 9.17) is 14.2 Å². The summed E-state index contributed by atoms with van der Waals surface area (Å²) in [6.07, 6.45) is -0.494. The molecule has 0 bridgehead atoms. The zero-order chi connectivity index (χ0) is 22.9. The molecular formula is C27H24N2O4. The van der Waals surface area contributed by atoms with Crippen LogP contribution in [0.4, 0.5) is 11.4 Å². The normalized spacial score (nSPS) is 15.1. The molecule has 0 radical (unpaired) electrons. The summed E-state index contributed by atoms with van der Waals surface area (Å²) in [7, 11) is 4.73. The highest BCUT2D eigenvalue weighted by Crippen LogP contribution is 2.44. The number of ether oxygens (including phenoxy) is 3. The number of benzene rings is 4. The lowest BCUT2D eigenvalue weighted by Gasteiger charge is -2.39. The number of fused-ring (bicyclic) bond motifs is 2. The van der Waals surface area contributed by atoms with Gasteiger partial charge >= 0.3 is 0 Å². The maximum Gasteiger partial charge on any atom is 0.262 e. The predicted molar refractivity (Wildman–Crippen MR) is 130 cm³/mol. The minimum Gasteiger partial charge on any atom is -0.493 e. The molecule has 4 aromatic rings. The van der Waals surface area contributed by atoms with Crippen LogP contribution in [0.15, 0.2) is 78.9 Å². The van der Waals surface area contributed by atoms with E-state index in [0.29, 0.717) is 22.8 Å². The zero-order valence-corrected chi connectivity index (χ0v) is 18.7. The first kappa shape index (κ1) is 20.7. The van der Waals surface area contributed by atoms with Crippen molar-refractivity contribution in [1.82, 2.24) is 0 Å². The van der Waals surface area contributed by atoms with Crippen LogP contribution in [0.2, 0.25) is 0 Å². The van der Waals surface area contributed by atoms with Gasteiger partial charge in [-0.1, -0.05) is 48.5 Å². The molecule has 0 aromatic heterocycles. The van der Waals surface area contributed by atoms with E-state index in [1.165, 1.54) is 0 Å². The van der Waals surface area contributed by atoms with Crippen molar-refractivity contribution in [2.75, 3.05) is 31.5 Å². The first-order chi connectivity index (χ1) is 16.2. The van der Waals surface area contributed by atoms with Gasteiger partial charge in [0.15, 0.2) is 11.5 Å². The fraction of sp³-hybridized carbons (Fsp3) is 0.148. The quantitative estimate of drug-likeness (QED) is 0.435. The van der Waals surface area contributed by atoms with E-state index in [9.17, 15) is 4.79 Å². The SMILES string of the molecule is COc1cc(C2Nc3ccccc3C(=O)N2c2cccc3ccccc23)cc(OC)c1OC. The number of hydrogen-bond donors (Lipinski definition) is 1. The smallest absolute Gasteiger partial charge is 0.262 e. The molecule has 1 N–H and O–H groups in total. The van der Waals surface area contributed by atoms with Crippen molar-refractivity contribution in [3.8, 4) is 17.2 Å². The molecule has 1 heterocycles. The van der Waals surface area contributed by atoms with Crippen LogP contribution in [0.5, 0.6) is 17.2 Å². The first-order valence-corrected chi connectivity index (χ1v) is 10.6. The number of anilines is 2. The molecule has 0 saturated heterocycles. The number of amides is 1. The van der Waals surface area contributed by atoms with Crippen LogP contribution >= 0.6 is 0 Å². The molecule has 0 fully saturated rings. The van der Waals surface area contributed by atoms with E-state index in [2.05, 4.69) is 5.32 Å². The highest BCUT2D eigenvalue weighted by Gasteiger charge is 2.35. The molecular weight excluding hydrogens is 416 g/mol. The van der Waals surface area contributed by atoms with Crippen molar-refractivity contribution in [3.05, 3.63) is 90.0 Å². The van der Waals surface area contributed by atoms with Gasteiger partial charge in [-0.3, -0.25) is 9.69 Å². The van der Waals surface area contributed by atoms with Crippen molar-refractivity contribution < 1.29 is 19.0 Å². The first-order valence-electron chi connectivity index (χ1n) is 10.6. The fourth-order valence-corrected chi connectivity index (χ4v) is 4.41. The Balaban J connectivity index is 1.75. The van der Waals surface area contributed by atoms with Gasteiger partial charge in [0.05, 0.1) is 32.6 Å². The van der Waals surface area contributed by atoms with E-state index < -0.39 is 6.17 Å². The number of methoxy groups -OCH3 is 3. The molecule has 5 rings (SSSR count). The number of hydrogen-bond acceptors (Lipinski definition) is 5. The largest absolute Gasteiger partial charge is 0.493 e. The summed E-state index contributed by atoms with van der Waals surface area (Å²) in [5.74, 6) is 1.47. The number of para-hydroxylation sites is 1. The average molecular weight is 440 g/mol. The second-order valence-electron chi connectivity index (χ2n) is 7.72. The standard InChI is InChI=1S/C27H24N2O4/c1-31-23-15-18(16-24(32-2)25(23)33-3)26-28-21-13-7-6-12-20(21)27(30)29(26)22-14-8-10-17-9-4-5-11-19(17)22/h4-16,26,28H,1-3H3.